The Labute approximate surface area is 127 Å². The molecule has 0 atom stereocenters. The summed E-state index contributed by atoms with van der Waals surface area (Å²) in [6.45, 7) is 0. The molecule has 0 aliphatic heterocycles. The van der Waals surface area contributed by atoms with Crippen LogP contribution in [0.5, 0.6) is 0 Å². The molecule has 0 bridgehead atoms. The second-order valence-electron chi connectivity index (χ2n) is 3.96. The molecule has 2 aromatic carbocycles. The second kappa shape index (κ2) is 4.71. The number of nitrogen functional groups attached to an aromatic ring is 1. The molecule has 0 fully saturated rings. The quantitative estimate of drug-likeness (QED) is 0.613. The van der Waals surface area contributed by atoms with Crippen molar-refractivity contribution in [2.45, 2.75) is 0 Å². The highest BCUT2D eigenvalue weighted by Crippen LogP contribution is 2.37. The summed E-state index contributed by atoms with van der Waals surface area (Å²) in [5.41, 5.74) is 7.96. The van der Waals surface area contributed by atoms with Gasteiger partial charge in [0.1, 0.15) is 5.52 Å². The fraction of sp³-hybridized carbons (Fsp3) is 0. The van der Waals surface area contributed by atoms with Crippen LogP contribution in [0.15, 0.2) is 39.2 Å². The van der Waals surface area contributed by atoms with Gasteiger partial charge in [-0.15, -0.1) is 0 Å². The number of aromatic nitrogens is 1. The van der Waals surface area contributed by atoms with Crippen LogP contribution in [0.3, 0.4) is 0 Å². The van der Waals surface area contributed by atoms with E-state index in [9.17, 15) is 0 Å². The standard InChI is InChI=1S/C13H7BrCl2N2O/c14-7-3-1-6(2-4-7)13-18-12-9(19-13)5-8(15)11(17)10(12)16/h1-5H,17H2. The average Bonchev–Trinajstić information content (AvgIpc) is 2.81. The summed E-state index contributed by atoms with van der Waals surface area (Å²) in [4.78, 5) is 4.36. The van der Waals surface area contributed by atoms with Crippen LogP contribution in [-0.2, 0) is 0 Å². The topological polar surface area (TPSA) is 52.0 Å². The van der Waals surface area contributed by atoms with Gasteiger partial charge in [-0.2, -0.15) is 0 Å². The SMILES string of the molecule is Nc1c(Cl)cc2oc(-c3ccc(Br)cc3)nc2c1Cl. The second-order valence-corrected chi connectivity index (χ2v) is 5.66. The molecule has 2 N–H and O–H groups in total. The smallest absolute Gasteiger partial charge is 0.227 e. The van der Waals surface area contributed by atoms with Crippen molar-refractivity contribution in [3.05, 3.63) is 44.8 Å². The number of nitrogens with two attached hydrogens (primary N) is 1. The minimum absolute atomic E-state index is 0.312. The summed E-state index contributed by atoms with van der Waals surface area (Å²) >= 11 is 15.5. The van der Waals surface area contributed by atoms with E-state index in [0.717, 1.165) is 10.0 Å². The van der Waals surface area contributed by atoms with Crippen molar-refractivity contribution in [1.82, 2.24) is 4.98 Å². The van der Waals surface area contributed by atoms with E-state index in [2.05, 4.69) is 20.9 Å². The highest BCUT2D eigenvalue weighted by Gasteiger charge is 2.15. The molecule has 0 amide bonds. The number of rotatable bonds is 1. The van der Waals surface area contributed by atoms with E-state index in [0.29, 0.717) is 32.7 Å². The monoisotopic (exact) mass is 356 g/mol. The summed E-state index contributed by atoms with van der Waals surface area (Å²) in [7, 11) is 0. The maximum atomic E-state index is 6.12. The minimum Gasteiger partial charge on any atom is -0.436 e. The van der Waals surface area contributed by atoms with Gasteiger partial charge in [-0.1, -0.05) is 39.1 Å². The Morgan fingerprint density at radius 1 is 1.16 bits per heavy atom. The van der Waals surface area contributed by atoms with E-state index in [1.165, 1.54) is 0 Å². The largest absolute Gasteiger partial charge is 0.436 e. The van der Waals surface area contributed by atoms with Crippen LogP contribution in [0.1, 0.15) is 0 Å². The average molecular weight is 358 g/mol. The van der Waals surface area contributed by atoms with Crippen LogP contribution in [-0.4, -0.2) is 4.98 Å². The Balaban J connectivity index is 2.22. The highest BCUT2D eigenvalue weighted by molar-refractivity contribution is 9.10. The first-order valence-electron chi connectivity index (χ1n) is 5.36. The molecule has 0 spiro atoms. The first-order chi connectivity index (χ1) is 9.06. The molecule has 1 heterocycles. The molecule has 3 rings (SSSR count). The molecule has 3 nitrogen and oxygen atoms in total. The molecule has 19 heavy (non-hydrogen) atoms. The van der Waals surface area contributed by atoms with Crippen molar-refractivity contribution >= 4 is 55.9 Å². The lowest BCUT2D eigenvalue weighted by atomic mass is 10.2. The molecule has 0 aliphatic rings. The van der Waals surface area contributed by atoms with Gasteiger partial charge in [-0.25, -0.2) is 4.98 Å². The molecule has 96 valence electrons. The number of anilines is 1. The predicted octanol–water partition coefficient (Wildman–Crippen LogP) is 5.15. The lowest BCUT2D eigenvalue weighted by Gasteiger charge is -1.99. The molecular weight excluding hydrogens is 351 g/mol. The van der Waals surface area contributed by atoms with Crippen LogP contribution >= 0.6 is 39.1 Å². The fourth-order valence-corrected chi connectivity index (χ4v) is 2.47. The molecule has 3 aromatic rings. The molecule has 0 unspecified atom stereocenters. The fourth-order valence-electron chi connectivity index (χ4n) is 1.73. The van der Waals surface area contributed by atoms with E-state index < -0.39 is 0 Å². The zero-order valence-electron chi connectivity index (χ0n) is 9.45. The van der Waals surface area contributed by atoms with Crippen molar-refractivity contribution in [2.75, 3.05) is 5.73 Å². The Morgan fingerprint density at radius 2 is 1.84 bits per heavy atom. The van der Waals surface area contributed by atoms with E-state index >= 15 is 0 Å². The number of benzene rings is 2. The van der Waals surface area contributed by atoms with Gasteiger partial charge in [0.05, 0.1) is 15.7 Å². The van der Waals surface area contributed by atoms with Crippen LogP contribution in [0.4, 0.5) is 5.69 Å². The Morgan fingerprint density at radius 3 is 2.53 bits per heavy atom. The van der Waals surface area contributed by atoms with Crippen LogP contribution in [0.25, 0.3) is 22.6 Å². The number of oxazole rings is 1. The first kappa shape index (κ1) is 12.8. The van der Waals surface area contributed by atoms with Crippen molar-refractivity contribution in [1.29, 1.82) is 0 Å². The van der Waals surface area contributed by atoms with Gasteiger partial charge >= 0.3 is 0 Å². The number of halogens is 3. The lowest BCUT2D eigenvalue weighted by Crippen LogP contribution is -1.88. The number of hydrogen-bond acceptors (Lipinski definition) is 3. The summed E-state index contributed by atoms with van der Waals surface area (Å²) in [6.07, 6.45) is 0. The van der Waals surface area contributed by atoms with E-state index in [1.807, 2.05) is 24.3 Å². The highest BCUT2D eigenvalue weighted by atomic mass is 79.9. The summed E-state index contributed by atoms with van der Waals surface area (Å²) in [6, 6.07) is 9.23. The van der Waals surface area contributed by atoms with Gasteiger partial charge in [0.15, 0.2) is 5.58 Å². The van der Waals surface area contributed by atoms with E-state index in [1.54, 1.807) is 6.07 Å². The van der Waals surface area contributed by atoms with Crippen LogP contribution in [0.2, 0.25) is 10.0 Å². The van der Waals surface area contributed by atoms with E-state index in [-0.39, 0.29) is 0 Å². The van der Waals surface area contributed by atoms with Crippen molar-refractivity contribution in [3.8, 4) is 11.5 Å². The van der Waals surface area contributed by atoms with Crippen LogP contribution in [0, 0.1) is 0 Å². The number of nitrogens with zero attached hydrogens (tertiary/aromatic N) is 1. The molecule has 6 heteroatoms. The third-order valence-electron chi connectivity index (χ3n) is 2.70. The third-order valence-corrected chi connectivity index (χ3v) is 3.93. The zero-order valence-corrected chi connectivity index (χ0v) is 12.6. The first-order valence-corrected chi connectivity index (χ1v) is 6.91. The number of fused-ring (bicyclic) bond motifs is 1. The maximum absolute atomic E-state index is 6.12. The molecule has 1 aromatic heterocycles. The molecule has 0 saturated heterocycles. The van der Waals surface area contributed by atoms with Crippen molar-refractivity contribution < 1.29 is 4.42 Å². The van der Waals surface area contributed by atoms with Crippen molar-refractivity contribution in [2.24, 2.45) is 0 Å². The van der Waals surface area contributed by atoms with Gasteiger partial charge in [0.25, 0.3) is 0 Å². The Hall–Kier alpha value is -1.23. The summed E-state index contributed by atoms with van der Waals surface area (Å²) in [5, 5.41) is 0.672. The zero-order chi connectivity index (χ0) is 13.6. The van der Waals surface area contributed by atoms with Gasteiger partial charge in [0, 0.05) is 16.1 Å². The molecule has 0 aliphatic carbocycles. The summed E-state index contributed by atoms with van der Waals surface area (Å²) < 4.78 is 6.64. The molecule has 0 saturated carbocycles. The minimum atomic E-state index is 0.312. The summed E-state index contributed by atoms with van der Waals surface area (Å²) in [5.74, 6) is 0.478. The van der Waals surface area contributed by atoms with Gasteiger partial charge in [-0.05, 0) is 24.3 Å². The van der Waals surface area contributed by atoms with Gasteiger partial charge in [0.2, 0.25) is 5.89 Å². The van der Waals surface area contributed by atoms with E-state index in [4.69, 9.17) is 33.4 Å². The third kappa shape index (κ3) is 2.20. The van der Waals surface area contributed by atoms with Gasteiger partial charge in [-0.3, -0.25) is 0 Å². The number of hydrogen-bond donors (Lipinski definition) is 1. The normalized spacial score (nSPS) is 11.1. The lowest BCUT2D eigenvalue weighted by molar-refractivity contribution is 0.620. The van der Waals surface area contributed by atoms with Gasteiger partial charge < -0.3 is 10.2 Å². The molecular formula is C13H7BrCl2N2O. The maximum Gasteiger partial charge on any atom is 0.227 e. The van der Waals surface area contributed by atoms with Crippen molar-refractivity contribution in [3.63, 3.8) is 0 Å². The molecule has 0 radical (unpaired) electrons. The predicted molar refractivity (Wildman–Crippen MR) is 81.6 cm³/mol. The Kier molecular flexibility index (Phi) is 3.17. The Bertz CT molecular complexity index is 768. The van der Waals surface area contributed by atoms with Crippen LogP contribution < -0.4 is 5.73 Å².